The molecule has 0 radical (unpaired) electrons. The number of nitrogens with one attached hydrogen (secondary N) is 1. The predicted octanol–water partition coefficient (Wildman–Crippen LogP) is 4.89. The van der Waals surface area contributed by atoms with E-state index in [2.05, 4.69) is 20.2 Å². The number of hydrogen-bond donors (Lipinski definition) is 1. The Morgan fingerprint density at radius 3 is 2.77 bits per heavy atom. The molecule has 0 aliphatic heterocycles. The monoisotopic (exact) mass is 390 g/mol. The molecule has 1 fully saturated rings. The van der Waals surface area contributed by atoms with Crippen molar-refractivity contribution in [3.63, 3.8) is 0 Å². The molecule has 0 bridgehead atoms. The molecular formula is C18H22N4O2S2. The third-order valence-corrected chi connectivity index (χ3v) is 7.14. The molecule has 138 valence electrons. The molecule has 1 N–H and O–H groups in total. The maximum Gasteiger partial charge on any atom is 0.277 e. The standard InChI is InChI=1S/C18H22N4O2S2/c1-9-10(2)25-17-13(9)15(23)19-14(20-17)11(3)26-18-22-21-16(24-18)12-7-5-4-6-8-12/h11-12H,4-8H2,1-3H3,(H,19,20,23). The normalized spacial score (nSPS) is 17.0. The molecule has 26 heavy (non-hydrogen) atoms. The van der Waals surface area contributed by atoms with Crippen molar-refractivity contribution in [3.05, 3.63) is 32.5 Å². The summed E-state index contributed by atoms with van der Waals surface area (Å²) in [7, 11) is 0. The van der Waals surface area contributed by atoms with Crippen molar-refractivity contribution < 1.29 is 4.42 Å². The largest absolute Gasteiger partial charge is 0.416 e. The highest BCUT2D eigenvalue weighted by molar-refractivity contribution is 7.99. The summed E-state index contributed by atoms with van der Waals surface area (Å²) in [4.78, 5) is 22.0. The summed E-state index contributed by atoms with van der Waals surface area (Å²) >= 11 is 3.00. The van der Waals surface area contributed by atoms with Gasteiger partial charge in [-0.15, -0.1) is 21.5 Å². The van der Waals surface area contributed by atoms with Crippen LogP contribution in [0, 0.1) is 13.8 Å². The van der Waals surface area contributed by atoms with Crippen molar-refractivity contribution in [2.45, 2.75) is 69.3 Å². The lowest BCUT2D eigenvalue weighted by Gasteiger charge is -2.17. The van der Waals surface area contributed by atoms with Crippen LogP contribution in [0.15, 0.2) is 14.4 Å². The van der Waals surface area contributed by atoms with Crippen LogP contribution in [0.3, 0.4) is 0 Å². The molecule has 6 nitrogen and oxygen atoms in total. The summed E-state index contributed by atoms with van der Waals surface area (Å²) in [6.07, 6.45) is 6.02. The summed E-state index contributed by atoms with van der Waals surface area (Å²) in [6, 6.07) is 0. The molecule has 3 aromatic rings. The van der Waals surface area contributed by atoms with E-state index in [1.54, 1.807) is 11.3 Å². The van der Waals surface area contributed by atoms with Crippen LogP contribution in [0.4, 0.5) is 0 Å². The smallest absolute Gasteiger partial charge is 0.277 e. The number of aromatic amines is 1. The van der Waals surface area contributed by atoms with Gasteiger partial charge in [-0.3, -0.25) is 4.79 Å². The molecule has 1 atom stereocenters. The second-order valence-corrected chi connectivity index (χ2v) is 9.41. The number of hydrogen-bond acceptors (Lipinski definition) is 7. The first-order valence-electron chi connectivity index (χ1n) is 9.03. The van der Waals surface area contributed by atoms with Gasteiger partial charge < -0.3 is 9.40 Å². The van der Waals surface area contributed by atoms with Gasteiger partial charge in [0.2, 0.25) is 5.89 Å². The average molecular weight is 391 g/mol. The maximum absolute atomic E-state index is 12.5. The molecule has 1 saturated carbocycles. The third kappa shape index (κ3) is 3.32. The minimum absolute atomic E-state index is 0.0746. The number of rotatable bonds is 4. The fraction of sp³-hybridized carbons (Fsp3) is 0.556. The lowest BCUT2D eigenvalue weighted by atomic mass is 9.89. The van der Waals surface area contributed by atoms with Crippen molar-refractivity contribution in [3.8, 4) is 0 Å². The van der Waals surface area contributed by atoms with Crippen LogP contribution in [-0.2, 0) is 0 Å². The van der Waals surface area contributed by atoms with Gasteiger partial charge >= 0.3 is 0 Å². The highest BCUT2D eigenvalue weighted by Gasteiger charge is 2.23. The Hall–Kier alpha value is -1.67. The van der Waals surface area contributed by atoms with Gasteiger partial charge in [-0.1, -0.05) is 31.0 Å². The summed E-state index contributed by atoms with van der Waals surface area (Å²) in [5.41, 5.74) is 0.937. The van der Waals surface area contributed by atoms with Gasteiger partial charge in [-0.05, 0) is 39.2 Å². The number of thioether (sulfide) groups is 1. The van der Waals surface area contributed by atoms with Gasteiger partial charge in [-0.2, -0.15) is 0 Å². The van der Waals surface area contributed by atoms with Gasteiger partial charge in [0.15, 0.2) is 0 Å². The van der Waals surface area contributed by atoms with Crippen LogP contribution in [0.5, 0.6) is 0 Å². The molecule has 3 heterocycles. The Balaban J connectivity index is 1.55. The number of fused-ring (bicyclic) bond motifs is 1. The summed E-state index contributed by atoms with van der Waals surface area (Å²) in [5, 5.41) is 9.60. The molecule has 0 aromatic carbocycles. The van der Waals surface area contributed by atoms with E-state index in [4.69, 9.17) is 4.42 Å². The Morgan fingerprint density at radius 2 is 2.00 bits per heavy atom. The first kappa shape index (κ1) is 17.7. The Bertz CT molecular complexity index is 985. The van der Waals surface area contributed by atoms with Gasteiger partial charge in [0.1, 0.15) is 10.7 Å². The minimum atomic E-state index is -0.0762. The fourth-order valence-electron chi connectivity index (χ4n) is 3.45. The molecule has 0 saturated heterocycles. The van der Waals surface area contributed by atoms with Crippen LogP contribution < -0.4 is 5.56 Å². The van der Waals surface area contributed by atoms with E-state index in [-0.39, 0.29) is 10.8 Å². The Morgan fingerprint density at radius 1 is 1.23 bits per heavy atom. The lowest BCUT2D eigenvalue weighted by molar-refractivity contribution is 0.334. The second-order valence-electron chi connectivity index (χ2n) is 6.92. The summed E-state index contributed by atoms with van der Waals surface area (Å²) in [5.74, 6) is 1.79. The molecule has 4 rings (SSSR count). The highest BCUT2D eigenvalue weighted by Crippen LogP contribution is 2.37. The van der Waals surface area contributed by atoms with Crippen molar-refractivity contribution in [2.75, 3.05) is 0 Å². The zero-order valence-electron chi connectivity index (χ0n) is 15.2. The Labute approximate surface area is 159 Å². The number of aryl methyl sites for hydroxylation is 2. The number of aromatic nitrogens is 4. The van der Waals surface area contributed by atoms with Crippen LogP contribution in [0.1, 0.15) is 72.4 Å². The molecule has 3 aromatic heterocycles. The van der Waals surface area contributed by atoms with Crippen molar-refractivity contribution >= 4 is 33.3 Å². The van der Waals surface area contributed by atoms with Crippen molar-refractivity contribution in [1.29, 1.82) is 0 Å². The van der Waals surface area contributed by atoms with Crippen LogP contribution in [-0.4, -0.2) is 20.2 Å². The molecule has 1 aliphatic rings. The topological polar surface area (TPSA) is 84.7 Å². The van der Waals surface area contributed by atoms with Gasteiger partial charge in [0, 0.05) is 10.8 Å². The predicted molar refractivity (Wildman–Crippen MR) is 104 cm³/mol. The molecule has 1 unspecified atom stereocenters. The van der Waals surface area contributed by atoms with E-state index < -0.39 is 0 Å². The molecular weight excluding hydrogens is 368 g/mol. The van der Waals surface area contributed by atoms with E-state index in [1.165, 1.54) is 31.0 Å². The van der Waals surface area contributed by atoms with E-state index in [1.807, 2.05) is 20.8 Å². The van der Waals surface area contributed by atoms with Crippen LogP contribution in [0.2, 0.25) is 0 Å². The molecule has 1 aliphatic carbocycles. The summed E-state index contributed by atoms with van der Waals surface area (Å²) in [6.45, 7) is 5.98. The number of H-pyrrole nitrogens is 1. The molecule has 8 heteroatoms. The highest BCUT2D eigenvalue weighted by atomic mass is 32.2. The van der Waals surface area contributed by atoms with E-state index in [0.29, 0.717) is 22.4 Å². The quantitative estimate of drug-likeness (QED) is 0.639. The third-order valence-electron chi connectivity index (χ3n) is 5.10. The first-order valence-corrected chi connectivity index (χ1v) is 10.7. The van der Waals surface area contributed by atoms with Gasteiger partial charge in [-0.25, -0.2) is 4.98 Å². The first-order chi connectivity index (χ1) is 12.5. The van der Waals surface area contributed by atoms with Crippen LogP contribution >= 0.6 is 23.1 Å². The lowest BCUT2D eigenvalue weighted by Crippen LogP contribution is -2.12. The van der Waals surface area contributed by atoms with E-state index in [9.17, 15) is 4.79 Å². The zero-order chi connectivity index (χ0) is 18.3. The van der Waals surface area contributed by atoms with Gasteiger partial charge in [0.25, 0.3) is 10.8 Å². The second kappa shape index (κ2) is 7.15. The van der Waals surface area contributed by atoms with Crippen molar-refractivity contribution in [2.24, 2.45) is 0 Å². The number of thiophene rings is 1. The summed E-state index contributed by atoms with van der Waals surface area (Å²) < 4.78 is 5.88. The number of nitrogens with zero attached hydrogens (tertiary/aromatic N) is 3. The van der Waals surface area contributed by atoms with E-state index >= 15 is 0 Å². The van der Waals surface area contributed by atoms with E-state index in [0.717, 1.165) is 34.0 Å². The Kier molecular flexibility index (Phi) is 4.88. The zero-order valence-corrected chi connectivity index (χ0v) is 16.8. The SMILES string of the molecule is Cc1sc2nc(C(C)Sc3nnc(C4CCCCC4)o3)[nH]c(=O)c2c1C. The van der Waals surface area contributed by atoms with Crippen molar-refractivity contribution in [1.82, 2.24) is 20.2 Å². The minimum Gasteiger partial charge on any atom is -0.416 e. The fourth-order valence-corrected chi connectivity index (χ4v) is 5.24. The van der Waals surface area contributed by atoms with Crippen LogP contribution in [0.25, 0.3) is 10.2 Å². The average Bonchev–Trinajstić information content (AvgIpc) is 3.21. The molecule has 0 spiro atoms. The maximum atomic E-state index is 12.5. The molecule has 0 amide bonds. The van der Waals surface area contributed by atoms with Gasteiger partial charge in [0.05, 0.1) is 10.6 Å².